The summed E-state index contributed by atoms with van der Waals surface area (Å²) in [5, 5.41) is 9.27. The maximum atomic E-state index is 12.4. The number of nitrogens with zero attached hydrogens (tertiary/aromatic N) is 1. The Labute approximate surface area is 145 Å². The molecule has 2 atom stereocenters. The van der Waals surface area contributed by atoms with Gasteiger partial charge in [0.25, 0.3) is 0 Å². The standard InChI is InChI=1S/C17H21NO5S/c1-11(19)24-10-12-6-16(20)18(9-12)15(8-17(21)22)13-4-3-5-14(7-13)23-2/h3-5,7,12,15H,6,8-10H2,1-2H3,(H,21,22). The Morgan fingerprint density at radius 2 is 2.21 bits per heavy atom. The van der Waals surface area contributed by atoms with Crippen LogP contribution in [0.5, 0.6) is 5.75 Å². The molecule has 1 heterocycles. The largest absolute Gasteiger partial charge is 0.497 e. The molecule has 130 valence electrons. The van der Waals surface area contributed by atoms with Crippen LogP contribution in [-0.4, -0.2) is 46.4 Å². The van der Waals surface area contributed by atoms with Gasteiger partial charge in [0.1, 0.15) is 5.75 Å². The maximum absolute atomic E-state index is 12.4. The fraction of sp³-hybridized carbons (Fsp3) is 0.471. The highest BCUT2D eigenvalue weighted by Crippen LogP contribution is 2.33. The number of carboxylic acids is 1. The lowest BCUT2D eigenvalue weighted by molar-refractivity contribution is -0.140. The molecule has 0 radical (unpaired) electrons. The van der Waals surface area contributed by atoms with Crippen LogP contribution in [0.2, 0.25) is 0 Å². The van der Waals surface area contributed by atoms with E-state index in [0.29, 0.717) is 24.5 Å². The van der Waals surface area contributed by atoms with Crippen molar-refractivity contribution in [1.82, 2.24) is 4.90 Å². The van der Waals surface area contributed by atoms with Gasteiger partial charge in [0.05, 0.1) is 19.6 Å². The van der Waals surface area contributed by atoms with Gasteiger partial charge in [-0.3, -0.25) is 14.4 Å². The van der Waals surface area contributed by atoms with Crippen LogP contribution in [0.3, 0.4) is 0 Å². The van der Waals surface area contributed by atoms with Gasteiger partial charge in [-0.2, -0.15) is 0 Å². The summed E-state index contributed by atoms with van der Waals surface area (Å²) in [6, 6.07) is 6.60. The molecule has 1 amide bonds. The van der Waals surface area contributed by atoms with E-state index in [9.17, 15) is 19.5 Å². The van der Waals surface area contributed by atoms with Gasteiger partial charge < -0.3 is 14.7 Å². The predicted octanol–water partition coefficient (Wildman–Crippen LogP) is 2.34. The monoisotopic (exact) mass is 351 g/mol. The van der Waals surface area contributed by atoms with Gasteiger partial charge in [0.2, 0.25) is 5.91 Å². The van der Waals surface area contributed by atoms with Crippen LogP contribution < -0.4 is 4.74 Å². The second-order valence-corrected chi connectivity index (χ2v) is 7.01. The van der Waals surface area contributed by atoms with E-state index in [2.05, 4.69) is 0 Å². The molecule has 1 aliphatic heterocycles. The molecule has 7 heteroatoms. The third-order valence-electron chi connectivity index (χ3n) is 3.98. The van der Waals surface area contributed by atoms with Crippen molar-refractivity contribution in [3.05, 3.63) is 29.8 Å². The SMILES string of the molecule is COc1cccc(C(CC(=O)O)N2CC(CSC(C)=O)CC2=O)c1. The number of rotatable bonds is 7. The van der Waals surface area contributed by atoms with E-state index < -0.39 is 12.0 Å². The molecule has 1 aromatic carbocycles. The first-order valence-electron chi connectivity index (χ1n) is 7.69. The van der Waals surface area contributed by atoms with Crippen molar-refractivity contribution >= 4 is 28.8 Å². The highest BCUT2D eigenvalue weighted by atomic mass is 32.2. The molecule has 6 nitrogen and oxygen atoms in total. The van der Waals surface area contributed by atoms with Gasteiger partial charge in [-0.25, -0.2) is 0 Å². The van der Waals surface area contributed by atoms with E-state index in [1.54, 1.807) is 36.3 Å². The Morgan fingerprint density at radius 1 is 1.46 bits per heavy atom. The quantitative estimate of drug-likeness (QED) is 0.812. The second-order valence-electron chi connectivity index (χ2n) is 5.81. The number of methoxy groups -OCH3 is 1. The molecule has 1 saturated heterocycles. The zero-order valence-corrected chi connectivity index (χ0v) is 14.5. The topological polar surface area (TPSA) is 83.9 Å². The fourth-order valence-electron chi connectivity index (χ4n) is 2.88. The summed E-state index contributed by atoms with van der Waals surface area (Å²) in [5.41, 5.74) is 0.741. The molecule has 0 bridgehead atoms. The number of aliphatic carboxylic acids is 1. The molecule has 2 unspecified atom stereocenters. The number of benzene rings is 1. The summed E-state index contributed by atoms with van der Waals surface area (Å²) in [6.45, 7) is 1.97. The van der Waals surface area contributed by atoms with Crippen LogP contribution >= 0.6 is 11.8 Å². The number of ether oxygens (including phenoxy) is 1. The Kier molecular flexibility index (Phi) is 6.25. The number of amides is 1. The summed E-state index contributed by atoms with van der Waals surface area (Å²) in [6.07, 6.45) is 0.186. The van der Waals surface area contributed by atoms with Gasteiger partial charge in [-0.05, 0) is 23.6 Å². The molecule has 1 aliphatic rings. The summed E-state index contributed by atoms with van der Waals surface area (Å²) in [4.78, 5) is 36.4. The van der Waals surface area contributed by atoms with E-state index in [0.717, 1.165) is 5.56 Å². The van der Waals surface area contributed by atoms with Gasteiger partial charge >= 0.3 is 5.97 Å². The number of thioether (sulfide) groups is 1. The maximum Gasteiger partial charge on any atom is 0.305 e. The first kappa shape index (κ1) is 18.3. The minimum Gasteiger partial charge on any atom is -0.497 e. The number of likely N-dealkylation sites (tertiary alicyclic amines) is 1. The Balaban J connectivity index is 2.19. The molecule has 1 N–H and O–H groups in total. The number of carbonyl (C=O) groups is 3. The van der Waals surface area contributed by atoms with Crippen molar-refractivity contribution in [2.24, 2.45) is 5.92 Å². The second kappa shape index (κ2) is 8.19. The van der Waals surface area contributed by atoms with Crippen molar-refractivity contribution < 1.29 is 24.2 Å². The molecule has 0 saturated carbocycles. The van der Waals surface area contributed by atoms with Crippen LogP contribution in [0.15, 0.2) is 24.3 Å². The van der Waals surface area contributed by atoms with Crippen LogP contribution in [0, 0.1) is 5.92 Å². The van der Waals surface area contributed by atoms with Crippen molar-refractivity contribution in [2.75, 3.05) is 19.4 Å². The zero-order chi connectivity index (χ0) is 17.7. The lowest BCUT2D eigenvalue weighted by atomic mass is 10.0. The Hall–Kier alpha value is -2.02. The lowest BCUT2D eigenvalue weighted by Gasteiger charge is -2.27. The molecule has 2 rings (SSSR count). The van der Waals surface area contributed by atoms with E-state index in [-0.39, 0.29) is 23.4 Å². The summed E-state index contributed by atoms with van der Waals surface area (Å²) in [5.74, 6) is 0.233. The van der Waals surface area contributed by atoms with Crippen molar-refractivity contribution in [3.63, 3.8) is 0 Å². The number of carbonyl (C=O) groups excluding carboxylic acids is 2. The van der Waals surface area contributed by atoms with Gasteiger partial charge in [-0.15, -0.1) is 0 Å². The summed E-state index contributed by atoms with van der Waals surface area (Å²) < 4.78 is 5.19. The number of hydrogen-bond acceptors (Lipinski definition) is 5. The summed E-state index contributed by atoms with van der Waals surface area (Å²) >= 11 is 1.21. The zero-order valence-electron chi connectivity index (χ0n) is 13.7. The van der Waals surface area contributed by atoms with Crippen molar-refractivity contribution in [3.8, 4) is 5.75 Å². The minimum atomic E-state index is -0.961. The van der Waals surface area contributed by atoms with Gasteiger partial charge in [-0.1, -0.05) is 23.9 Å². The molecule has 0 spiro atoms. The van der Waals surface area contributed by atoms with Crippen LogP contribution in [0.4, 0.5) is 0 Å². The van der Waals surface area contributed by atoms with Crippen LogP contribution in [-0.2, 0) is 14.4 Å². The Bertz CT molecular complexity index is 633. The van der Waals surface area contributed by atoms with Crippen molar-refractivity contribution in [2.45, 2.75) is 25.8 Å². The molecule has 0 aliphatic carbocycles. The molecular weight excluding hydrogens is 330 g/mol. The van der Waals surface area contributed by atoms with Crippen LogP contribution in [0.1, 0.15) is 31.4 Å². The molecule has 0 aromatic heterocycles. The highest BCUT2D eigenvalue weighted by Gasteiger charge is 2.36. The normalized spacial score (nSPS) is 18.5. The average Bonchev–Trinajstić information content (AvgIpc) is 2.91. The van der Waals surface area contributed by atoms with Crippen molar-refractivity contribution in [1.29, 1.82) is 0 Å². The molecule has 24 heavy (non-hydrogen) atoms. The molecule has 1 aromatic rings. The molecular formula is C17H21NO5S. The first-order chi connectivity index (χ1) is 11.4. The average molecular weight is 351 g/mol. The number of carboxylic acid groups (broad SMARTS) is 1. The smallest absolute Gasteiger partial charge is 0.305 e. The van der Waals surface area contributed by atoms with Crippen LogP contribution in [0.25, 0.3) is 0 Å². The third-order valence-corrected chi connectivity index (χ3v) is 5.03. The first-order valence-corrected chi connectivity index (χ1v) is 8.67. The van der Waals surface area contributed by atoms with E-state index in [1.165, 1.54) is 18.7 Å². The highest BCUT2D eigenvalue weighted by molar-refractivity contribution is 8.13. The fourth-order valence-corrected chi connectivity index (χ4v) is 3.57. The number of hydrogen-bond donors (Lipinski definition) is 1. The lowest BCUT2D eigenvalue weighted by Crippen LogP contribution is -2.32. The molecule has 1 fully saturated rings. The van der Waals surface area contributed by atoms with E-state index >= 15 is 0 Å². The van der Waals surface area contributed by atoms with Gasteiger partial charge in [0.15, 0.2) is 5.12 Å². The van der Waals surface area contributed by atoms with Gasteiger partial charge in [0, 0.05) is 25.6 Å². The minimum absolute atomic E-state index is 0.0239. The summed E-state index contributed by atoms with van der Waals surface area (Å²) in [7, 11) is 1.54. The van der Waals surface area contributed by atoms with E-state index in [4.69, 9.17) is 4.74 Å². The van der Waals surface area contributed by atoms with E-state index in [1.807, 2.05) is 0 Å². The Morgan fingerprint density at radius 3 is 2.83 bits per heavy atom. The third kappa shape index (κ3) is 4.74. The predicted molar refractivity (Wildman–Crippen MR) is 90.9 cm³/mol.